The Kier molecular flexibility index (Phi) is 3.15. The fourth-order valence-electron chi connectivity index (χ4n) is 2.06. The zero-order valence-electron chi connectivity index (χ0n) is 9.36. The maximum Gasteiger partial charge on any atom is 0.326 e. The predicted molar refractivity (Wildman–Crippen MR) is 62.4 cm³/mol. The molecule has 2 rings (SSSR count). The van der Waals surface area contributed by atoms with Gasteiger partial charge in [0.25, 0.3) is 0 Å². The van der Waals surface area contributed by atoms with Crippen molar-refractivity contribution in [3.63, 3.8) is 0 Å². The summed E-state index contributed by atoms with van der Waals surface area (Å²) in [6.45, 7) is 1.91. The molecule has 0 aromatic rings. The highest BCUT2D eigenvalue weighted by Gasteiger charge is 2.42. The Bertz CT molecular complexity index is 308. The van der Waals surface area contributed by atoms with Crippen LogP contribution in [0.3, 0.4) is 0 Å². The number of hydrogen-bond acceptors (Lipinski definition) is 3. The minimum atomic E-state index is -0.901. The maximum atomic E-state index is 12.0. The van der Waals surface area contributed by atoms with Crippen molar-refractivity contribution < 1.29 is 14.7 Å². The number of carbonyl (C=O) groups excluding carboxylic acids is 1. The normalized spacial score (nSPS) is 31.1. The second-order valence-corrected chi connectivity index (χ2v) is 6.41. The van der Waals surface area contributed by atoms with Crippen LogP contribution in [0.2, 0.25) is 0 Å². The highest BCUT2D eigenvalue weighted by molar-refractivity contribution is 8.01. The first-order chi connectivity index (χ1) is 7.53. The zero-order valence-corrected chi connectivity index (χ0v) is 10.2. The molecule has 0 aromatic heterocycles. The number of carboxylic acids is 1. The van der Waals surface area contributed by atoms with Crippen LogP contribution >= 0.6 is 11.8 Å². The molecule has 2 fully saturated rings. The highest BCUT2D eigenvalue weighted by Crippen LogP contribution is 2.39. The average Bonchev–Trinajstić information content (AvgIpc) is 2.96. The van der Waals surface area contributed by atoms with Crippen LogP contribution < -0.4 is 5.32 Å². The van der Waals surface area contributed by atoms with Crippen molar-refractivity contribution in [3.8, 4) is 0 Å². The lowest BCUT2D eigenvalue weighted by Crippen LogP contribution is -2.49. The van der Waals surface area contributed by atoms with E-state index in [0.29, 0.717) is 0 Å². The molecule has 2 aliphatic rings. The van der Waals surface area contributed by atoms with E-state index in [1.807, 2.05) is 6.92 Å². The quantitative estimate of drug-likeness (QED) is 0.780. The average molecular weight is 243 g/mol. The van der Waals surface area contributed by atoms with Gasteiger partial charge in [-0.25, -0.2) is 4.79 Å². The fourth-order valence-corrected chi connectivity index (χ4v) is 3.28. The molecule has 5 heteroatoms. The van der Waals surface area contributed by atoms with E-state index >= 15 is 0 Å². The van der Waals surface area contributed by atoms with Gasteiger partial charge in [-0.15, -0.1) is 11.8 Å². The molecule has 2 atom stereocenters. The van der Waals surface area contributed by atoms with Crippen LogP contribution in [0.25, 0.3) is 0 Å². The molecule has 1 saturated heterocycles. The van der Waals surface area contributed by atoms with Gasteiger partial charge in [-0.3, -0.25) is 4.79 Å². The molecule has 0 aromatic carbocycles. The van der Waals surface area contributed by atoms with Gasteiger partial charge in [0.1, 0.15) is 6.04 Å². The molecule has 1 aliphatic carbocycles. The molecular weight excluding hydrogens is 226 g/mol. The molecule has 4 nitrogen and oxygen atoms in total. The summed E-state index contributed by atoms with van der Waals surface area (Å²) in [6, 6.07) is -0.675. The van der Waals surface area contributed by atoms with Gasteiger partial charge < -0.3 is 10.4 Å². The van der Waals surface area contributed by atoms with E-state index in [4.69, 9.17) is 5.11 Å². The van der Waals surface area contributed by atoms with E-state index in [-0.39, 0.29) is 11.8 Å². The summed E-state index contributed by atoms with van der Waals surface area (Å²) >= 11 is 1.63. The molecule has 2 unspecified atom stereocenters. The fraction of sp³-hybridized carbons (Fsp3) is 0.818. The summed E-state index contributed by atoms with van der Waals surface area (Å²) < 4.78 is -0.414. The first kappa shape index (κ1) is 11.8. The third-order valence-corrected chi connectivity index (χ3v) is 4.86. The summed E-state index contributed by atoms with van der Waals surface area (Å²) in [6.07, 6.45) is 3.72. The van der Waals surface area contributed by atoms with Crippen LogP contribution in [-0.4, -0.2) is 33.5 Å². The van der Waals surface area contributed by atoms with Crippen LogP contribution in [0.4, 0.5) is 0 Å². The number of amides is 1. The van der Waals surface area contributed by atoms with Gasteiger partial charge >= 0.3 is 5.97 Å². The van der Waals surface area contributed by atoms with Crippen molar-refractivity contribution in [3.05, 3.63) is 0 Å². The van der Waals surface area contributed by atoms with Crippen LogP contribution in [0.15, 0.2) is 0 Å². The van der Waals surface area contributed by atoms with Crippen LogP contribution in [0.5, 0.6) is 0 Å². The lowest BCUT2D eigenvalue weighted by Gasteiger charge is -2.24. The van der Waals surface area contributed by atoms with Gasteiger partial charge in [-0.2, -0.15) is 0 Å². The Labute approximate surface area is 99.2 Å². The Morgan fingerprint density at radius 3 is 2.62 bits per heavy atom. The van der Waals surface area contributed by atoms with E-state index < -0.39 is 16.8 Å². The lowest BCUT2D eigenvalue weighted by atomic mass is 10.0. The number of carboxylic acid groups (broad SMARTS) is 1. The summed E-state index contributed by atoms with van der Waals surface area (Å²) in [5, 5.41) is 11.7. The molecule has 2 N–H and O–H groups in total. The van der Waals surface area contributed by atoms with Crippen LogP contribution in [-0.2, 0) is 9.59 Å². The topological polar surface area (TPSA) is 66.4 Å². The van der Waals surface area contributed by atoms with Crippen molar-refractivity contribution >= 4 is 23.6 Å². The smallest absolute Gasteiger partial charge is 0.326 e. The van der Waals surface area contributed by atoms with Crippen molar-refractivity contribution in [2.24, 2.45) is 5.92 Å². The Hall–Kier alpha value is -0.710. The second-order valence-electron chi connectivity index (χ2n) is 4.81. The van der Waals surface area contributed by atoms with E-state index in [0.717, 1.165) is 31.4 Å². The minimum Gasteiger partial charge on any atom is -0.480 e. The number of thioether (sulfide) groups is 1. The van der Waals surface area contributed by atoms with Gasteiger partial charge in [0.15, 0.2) is 0 Å². The molecule has 0 radical (unpaired) electrons. The molecule has 0 bridgehead atoms. The molecule has 1 aliphatic heterocycles. The second kappa shape index (κ2) is 4.28. The van der Waals surface area contributed by atoms with Crippen LogP contribution in [0, 0.1) is 5.92 Å². The van der Waals surface area contributed by atoms with Gasteiger partial charge in [0.05, 0.1) is 4.75 Å². The van der Waals surface area contributed by atoms with Crippen molar-refractivity contribution in [2.75, 3.05) is 5.75 Å². The van der Waals surface area contributed by atoms with E-state index in [9.17, 15) is 9.59 Å². The standard InChI is InChI=1S/C11H17NO3S/c1-11(5-2-6-16-11)10(15)12-8(9(13)14)7-3-4-7/h7-8H,2-6H2,1H3,(H,12,15)(H,13,14). The number of nitrogens with one attached hydrogen (secondary N) is 1. The van der Waals surface area contributed by atoms with E-state index in [2.05, 4.69) is 5.32 Å². The molecule has 1 saturated carbocycles. The Morgan fingerprint density at radius 1 is 1.50 bits per heavy atom. The van der Waals surface area contributed by atoms with Gasteiger partial charge in [-0.1, -0.05) is 0 Å². The van der Waals surface area contributed by atoms with Gasteiger partial charge in [-0.05, 0) is 44.3 Å². The molecular formula is C11H17NO3S. The maximum absolute atomic E-state index is 12.0. The highest BCUT2D eigenvalue weighted by atomic mass is 32.2. The summed E-state index contributed by atoms with van der Waals surface area (Å²) in [5.74, 6) is 0.138. The number of aliphatic carboxylic acids is 1. The lowest BCUT2D eigenvalue weighted by molar-refractivity contribution is -0.142. The first-order valence-electron chi connectivity index (χ1n) is 5.71. The molecule has 1 amide bonds. The SMILES string of the molecule is CC1(C(=O)NC(C(=O)O)C2CC2)CCCS1. The van der Waals surface area contributed by atoms with Crippen LogP contribution in [0.1, 0.15) is 32.6 Å². The predicted octanol–water partition coefficient (Wildman–Crippen LogP) is 1.25. The first-order valence-corrected chi connectivity index (χ1v) is 6.69. The number of hydrogen-bond donors (Lipinski definition) is 2. The van der Waals surface area contributed by atoms with Gasteiger partial charge in [0, 0.05) is 0 Å². The Morgan fingerprint density at radius 2 is 2.19 bits per heavy atom. The zero-order chi connectivity index (χ0) is 11.8. The van der Waals surface area contributed by atoms with Crippen molar-refractivity contribution in [2.45, 2.75) is 43.4 Å². The van der Waals surface area contributed by atoms with Crippen molar-refractivity contribution in [1.29, 1.82) is 0 Å². The third kappa shape index (κ3) is 2.34. The van der Waals surface area contributed by atoms with Crippen molar-refractivity contribution in [1.82, 2.24) is 5.32 Å². The Balaban J connectivity index is 1.97. The molecule has 16 heavy (non-hydrogen) atoms. The van der Waals surface area contributed by atoms with E-state index in [1.54, 1.807) is 11.8 Å². The molecule has 1 heterocycles. The third-order valence-electron chi connectivity index (χ3n) is 3.35. The van der Waals surface area contributed by atoms with Gasteiger partial charge in [0.2, 0.25) is 5.91 Å². The largest absolute Gasteiger partial charge is 0.480 e. The summed E-state index contributed by atoms with van der Waals surface area (Å²) in [4.78, 5) is 23.0. The van der Waals surface area contributed by atoms with E-state index in [1.165, 1.54) is 0 Å². The monoisotopic (exact) mass is 243 g/mol. The molecule has 0 spiro atoms. The number of carbonyl (C=O) groups is 2. The molecule has 90 valence electrons. The number of rotatable bonds is 4. The summed E-state index contributed by atoms with van der Waals surface area (Å²) in [7, 11) is 0. The minimum absolute atomic E-state index is 0.103. The summed E-state index contributed by atoms with van der Waals surface area (Å²) in [5.41, 5.74) is 0.